The highest BCUT2D eigenvalue weighted by atomic mass is 16.5. The van der Waals surface area contributed by atoms with Crippen molar-refractivity contribution in [2.75, 3.05) is 14.2 Å². The number of carbonyl (C=O) groups is 2. The van der Waals surface area contributed by atoms with E-state index in [2.05, 4.69) is 9.72 Å². The van der Waals surface area contributed by atoms with Crippen molar-refractivity contribution in [3.8, 4) is 5.75 Å². The van der Waals surface area contributed by atoms with Gasteiger partial charge in [0.2, 0.25) is 5.43 Å². The molecular formula is C13H11NO6. The van der Waals surface area contributed by atoms with Gasteiger partial charge in [-0.1, -0.05) is 0 Å². The molecule has 0 spiro atoms. The van der Waals surface area contributed by atoms with Crippen molar-refractivity contribution >= 4 is 22.8 Å². The largest absolute Gasteiger partial charge is 0.495 e. The van der Waals surface area contributed by atoms with E-state index in [0.29, 0.717) is 5.75 Å². The van der Waals surface area contributed by atoms with Gasteiger partial charge in [-0.3, -0.25) is 4.79 Å². The first-order valence-electron chi connectivity index (χ1n) is 5.55. The summed E-state index contributed by atoms with van der Waals surface area (Å²) in [6, 6.07) is 2.85. The highest BCUT2D eigenvalue weighted by molar-refractivity contribution is 6.06. The number of pyridine rings is 1. The Bertz CT molecular complexity index is 761. The van der Waals surface area contributed by atoms with Crippen molar-refractivity contribution in [2.24, 2.45) is 0 Å². The van der Waals surface area contributed by atoms with E-state index >= 15 is 0 Å². The van der Waals surface area contributed by atoms with E-state index in [4.69, 9.17) is 9.84 Å². The number of benzene rings is 1. The number of aromatic nitrogens is 1. The van der Waals surface area contributed by atoms with Crippen LogP contribution >= 0.6 is 0 Å². The maximum atomic E-state index is 12.2. The lowest BCUT2D eigenvalue weighted by atomic mass is 10.0. The van der Waals surface area contributed by atoms with Crippen molar-refractivity contribution in [3.05, 3.63) is 39.7 Å². The van der Waals surface area contributed by atoms with Crippen LogP contribution in [-0.2, 0) is 4.74 Å². The number of hydrogen-bond donors (Lipinski definition) is 2. The Labute approximate surface area is 112 Å². The van der Waals surface area contributed by atoms with Crippen LogP contribution < -0.4 is 10.2 Å². The third kappa shape index (κ3) is 1.99. The van der Waals surface area contributed by atoms with Crippen molar-refractivity contribution < 1.29 is 24.2 Å². The van der Waals surface area contributed by atoms with Crippen LogP contribution in [0.1, 0.15) is 20.7 Å². The van der Waals surface area contributed by atoms with Crippen molar-refractivity contribution in [1.29, 1.82) is 0 Å². The normalized spacial score (nSPS) is 10.3. The molecule has 0 saturated carbocycles. The van der Waals surface area contributed by atoms with Crippen LogP contribution in [0, 0.1) is 0 Å². The summed E-state index contributed by atoms with van der Waals surface area (Å²) in [7, 11) is 2.57. The summed E-state index contributed by atoms with van der Waals surface area (Å²) in [6.45, 7) is 0. The average molecular weight is 277 g/mol. The second kappa shape index (κ2) is 5.04. The van der Waals surface area contributed by atoms with E-state index in [1.807, 2.05) is 0 Å². The second-order valence-electron chi connectivity index (χ2n) is 3.89. The molecule has 2 rings (SSSR count). The van der Waals surface area contributed by atoms with Gasteiger partial charge in [0.1, 0.15) is 11.3 Å². The summed E-state index contributed by atoms with van der Waals surface area (Å²) in [4.78, 5) is 37.6. The Balaban J connectivity index is 2.96. The van der Waals surface area contributed by atoms with E-state index < -0.39 is 22.9 Å². The van der Waals surface area contributed by atoms with E-state index in [-0.39, 0.29) is 16.5 Å². The Morgan fingerprint density at radius 1 is 1.20 bits per heavy atom. The molecular weight excluding hydrogens is 266 g/mol. The first kappa shape index (κ1) is 13.6. The standard InChI is InChI=1S/C13H11NO6/c1-19-8-4-3-6(13(18)20-2)9-10(8)14-5-7(11(9)15)12(16)17/h3-5H,1-2H3,(H,14,15)(H,16,17). The summed E-state index contributed by atoms with van der Waals surface area (Å²) < 4.78 is 9.67. The summed E-state index contributed by atoms with van der Waals surface area (Å²) >= 11 is 0. The molecule has 20 heavy (non-hydrogen) atoms. The molecule has 1 heterocycles. The van der Waals surface area contributed by atoms with Gasteiger partial charge in [0.15, 0.2) is 0 Å². The third-order valence-electron chi connectivity index (χ3n) is 2.86. The van der Waals surface area contributed by atoms with E-state index in [1.165, 1.54) is 26.4 Å². The van der Waals surface area contributed by atoms with Gasteiger partial charge < -0.3 is 19.6 Å². The molecule has 1 aromatic heterocycles. The van der Waals surface area contributed by atoms with Crippen LogP contribution in [0.5, 0.6) is 5.75 Å². The number of carbonyl (C=O) groups excluding carboxylic acids is 1. The van der Waals surface area contributed by atoms with Gasteiger partial charge in [0.05, 0.1) is 30.7 Å². The predicted molar refractivity (Wildman–Crippen MR) is 69.4 cm³/mol. The van der Waals surface area contributed by atoms with Crippen LogP contribution in [-0.4, -0.2) is 36.2 Å². The number of rotatable bonds is 3. The number of carboxylic acids is 1. The molecule has 7 nitrogen and oxygen atoms in total. The van der Waals surface area contributed by atoms with Crippen LogP contribution in [0.2, 0.25) is 0 Å². The van der Waals surface area contributed by atoms with Gasteiger partial charge in [-0.25, -0.2) is 9.59 Å². The molecule has 0 aliphatic carbocycles. The number of carboxylic acid groups (broad SMARTS) is 1. The van der Waals surface area contributed by atoms with E-state index in [1.54, 1.807) is 0 Å². The summed E-state index contributed by atoms with van der Waals surface area (Å²) in [6.07, 6.45) is 1.07. The number of methoxy groups -OCH3 is 2. The van der Waals surface area contributed by atoms with Crippen LogP contribution in [0.4, 0.5) is 0 Å². The zero-order valence-electron chi connectivity index (χ0n) is 10.7. The molecule has 2 N–H and O–H groups in total. The zero-order valence-corrected chi connectivity index (χ0v) is 10.7. The number of H-pyrrole nitrogens is 1. The van der Waals surface area contributed by atoms with E-state index in [0.717, 1.165) is 6.20 Å². The molecule has 0 saturated heterocycles. The van der Waals surface area contributed by atoms with Crippen LogP contribution in [0.15, 0.2) is 23.1 Å². The van der Waals surface area contributed by atoms with Gasteiger partial charge in [-0.2, -0.15) is 0 Å². The van der Waals surface area contributed by atoms with E-state index in [9.17, 15) is 14.4 Å². The summed E-state index contributed by atoms with van der Waals surface area (Å²) in [5.74, 6) is -1.79. The lowest BCUT2D eigenvalue weighted by Gasteiger charge is -2.09. The Kier molecular flexibility index (Phi) is 3.43. The third-order valence-corrected chi connectivity index (χ3v) is 2.86. The molecule has 104 valence electrons. The zero-order chi connectivity index (χ0) is 14.9. The lowest BCUT2D eigenvalue weighted by Crippen LogP contribution is -2.18. The maximum Gasteiger partial charge on any atom is 0.341 e. The monoisotopic (exact) mass is 277 g/mol. The maximum absolute atomic E-state index is 12.2. The second-order valence-corrected chi connectivity index (χ2v) is 3.89. The fourth-order valence-electron chi connectivity index (χ4n) is 1.92. The molecule has 0 amide bonds. The smallest absolute Gasteiger partial charge is 0.341 e. The van der Waals surface area contributed by atoms with Gasteiger partial charge in [0, 0.05) is 6.20 Å². The Hall–Kier alpha value is -2.83. The highest BCUT2D eigenvalue weighted by Crippen LogP contribution is 2.25. The number of aromatic carboxylic acids is 1. The molecule has 0 bridgehead atoms. The van der Waals surface area contributed by atoms with Gasteiger partial charge >= 0.3 is 11.9 Å². The molecule has 0 aliphatic heterocycles. The van der Waals surface area contributed by atoms with Crippen molar-refractivity contribution in [1.82, 2.24) is 4.98 Å². The molecule has 2 aromatic rings. The van der Waals surface area contributed by atoms with Crippen molar-refractivity contribution in [2.45, 2.75) is 0 Å². The minimum Gasteiger partial charge on any atom is -0.495 e. The number of esters is 1. The Morgan fingerprint density at radius 2 is 1.90 bits per heavy atom. The predicted octanol–water partition coefficient (Wildman–Crippen LogP) is 1.02. The first-order valence-corrected chi connectivity index (χ1v) is 5.55. The Morgan fingerprint density at radius 3 is 2.45 bits per heavy atom. The molecule has 1 aromatic carbocycles. The number of nitrogens with one attached hydrogen (secondary N) is 1. The van der Waals surface area contributed by atoms with Crippen molar-refractivity contribution in [3.63, 3.8) is 0 Å². The number of ether oxygens (including phenoxy) is 2. The van der Waals surface area contributed by atoms with Crippen LogP contribution in [0.3, 0.4) is 0 Å². The SMILES string of the molecule is COC(=O)c1ccc(OC)c2[nH]cc(C(=O)O)c(=O)c12. The van der Waals surface area contributed by atoms with Crippen LogP contribution in [0.25, 0.3) is 10.9 Å². The average Bonchev–Trinajstić information content (AvgIpc) is 2.45. The van der Waals surface area contributed by atoms with Gasteiger partial charge in [0.25, 0.3) is 0 Å². The molecule has 0 unspecified atom stereocenters. The quantitative estimate of drug-likeness (QED) is 0.811. The number of hydrogen-bond acceptors (Lipinski definition) is 5. The topological polar surface area (TPSA) is 106 Å². The molecule has 0 aliphatic rings. The summed E-state index contributed by atoms with van der Waals surface area (Å²) in [5.41, 5.74) is -1.01. The number of fused-ring (bicyclic) bond motifs is 1. The summed E-state index contributed by atoms with van der Waals surface area (Å²) in [5, 5.41) is 8.90. The first-order chi connectivity index (χ1) is 9.51. The van der Waals surface area contributed by atoms with Gasteiger partial charge in [-0.15, -0.1) is 0 Å². The molecule has 0 fully saturated rings. The molecule has 0 radical (unpaired) electrons. The lowest BCUT2D eigenvalue weighted by molar-refractivity contribution is 0.0601. The van der Waals surface area contributed by atoms with Gasteiger partial charge in [-0.05, 0) is 12.1 Å². The molecule has 0 atom stereocenters. The fourth-order valence-corrected chi connectivity index (χ4v) is 1.92. The number of aromatic amines is 1. The minimum atomic E-state index is -1.38. The highest BCUT2D eigenvalue weighted by Gasteiger charge is 2.20. The molecule has 7 heteroatoms. The fraction of sp³-hybridized carbons (Fsp3) is 0.154. The minimum absolute atomic E-state index is 0.0207.